The molecule has 1 N–H and O–H groups in total. The summed E-state index contributed by atoms with van der Waals surface area (Å²) in [6.45, 7) is 2.13. The van der Waals surface area contributed by atoms with E-state index in [4.69, 9.17) is 4.74 Å². The highest BCUT2D eigenvalue weighted by atomic mass is 32.1. The van der Waals surface area contributed by atoms with Gasteiger partial charge in [-0.25, -0.2) is 4.98 Å². The first kappa shape index (κ1) is 12.2. The third-order valence-electron chi connectivity index (χ3n) is 2.89. The number of ether oxygens (including phenoxy) is 1. The molecule has 0 saturated heterocycles. The fourth-order valence-electron chi connectivity index (χ4n) is 1.95. The van der Waals surface area contributed by atoms with Gasteiger partial charge in [-0.2, -0.15) is 0 Å². The molecule has 0 amide bonds. The topological polar surface area (TPSA) is 46.8 Å². The minimum absolute atomic E-state index is 0.401. The summed E-state index contributed by atoms with van der Waals surface area (Å²) in [7, 11) is 0. The van der Waals surface area contributed by atoms with Crippen LogP contribution in [0, 0.1) is 0 Å². The van der Waals surface area contributed by atoms with Crippen molar-refractivity contribution >= 4 is 16.3 Å². The zero-order chi connectivity index (χ0) is 13.2. The molecule has 4 nitrogen and oxygen atoms in total. The molecular weight excluding hydrogens is 260 g/mol. The quantitative estimate of drug-likeness (QED) is 0.795. The molecular formula is C14H14N2O2S. The summed E-state index contributed by atoms with van der Waals surface area (Å²) in [5.41, 5.74) is 1.68. The number of hydrogen-bond donors (Lipinski definition) is 1. The van der Waals surface area contributed by atoms with E-state index in [1.165, 1.54) is 0 Å². The van der Waals surface area contributed by atoms with Crippen LogP contribution < -0.4 is 4.74 Å². The van der Waals surface area contributed by atoms with E-state index in [1.807, 2.05) is 46.4 Å². The van der Waals surface area contributed by atoms with Crippen LogP contribution in [-0.2, 0) is 6.61 Å². The van der Waals surface area contributed by atoms with Crippen molar-refractivity contribution in [1.82, 2.24) is 9.38 Å². The maximum atomic E-state index is 9.68. The van der Waals surface area contributed by atoms with E-state index in [0.717, 1.165) is 16.2 Å². The molecule has 0 aliphatic carbocycles. The lowest BCUT2D eigenvalue weighted by Gasteiger charge is -2.12. The van der Waals surface area contributed by atoms with Crippen molar-refractivity contribution < 1.29 is 9.84 Å². The molecule has 5 heteroatoms. The van der Waals surface area contributed by atoms with Gasteiger partial charge in [0.2, 0.25) is 0 Å². The molecule has 0 bridgehead atoms. The predicted molar refractivity (Wildman–Crippen MR) is 74.5 cm³/mol. The first-order valence-corrected chi connectivity index (χ1v) is 6.93. The smallest absolute Gasteiger partial charge is 0.193 e. The number of benzene rings is 1. The summed E-state index contributed by atoms with van der Waals surface area (Å²) < 4.78 is 7.73. The van der Waals surface area contributed by atoms with Gasteiger partial charge in [-0.3, -0.25) is 4.40 Å². The van der Waals surface area contributed by atoms with Crippen molar-refractivity contribution in [3.05, 3.63) is 53.3 Å². The Balaban J connectivity index is 1.77. The lowest BCUT2D eigenvalue weighted by Crippen LogP contribution is -2.00. The number of rotatable bonds is 4. The third-order valence-corrected chi connectivity index (χ3v) is 3.66. The summed E-state index contributed by atoms with van der Waals surface area (Å²) in [6.07, 6.45) is 3.39. The van der Waals surface area contributed by atoms with E-state index >= 15 is 0 Å². The zero-order valence-corrected chi connectivity index (χ0v) is 11.3. The molecule has 98 valence electrons. The van der Waals surface area contributed by atoms with E-state index in [-0.39, 0.29) is 0 Å². The number of hydrogen-bond acceptors (Lipinski definition) is 4. The van der Waals surface area contributed by atoms with Crippen molar-refractivity contribution in [3.63, 3.8) is 0 Å². The van der Waals surface area contributed by atoms with Crippen LogP contribution in [0.2, 0.25) is 0 Å². The Hall–Kier alpha value is -1.85. The van der Waals surface area contributed by atoms with Crippen LogP contribution >= 0.6 is 11.3 Å². The molecule has 1 aromatic carbocycles. The van der Waals surface area contributed by atoms with Gasteiger partial charge in [0.1, 0.15) is 12.4 Å². The second kappa shape index (κ2) is 5.03. The molecule has 0 unspecified atom stereocenters. The van der Waals surface area contributed by atoms with Crippen molar-refractivity contribution in [3.8, 4) is 5.75 Å². The highest BCUT2D eigenvalue weighted by Gasteiger charge is 2.09. The Bertz CT molecular complexity index is 659. The van der Waals surface area contributed by atoms with E-state index in [1.54, 1.807) is 18.3 Å². The lowest BCUT2D eigenvalue weighted by atomic mass is 10.1. The van der Waals surface area contributed by atoms with Gasteiger partial charge in [-0.1, -0.05) is 18.2 Å². The average Bonchev–Trinajstić information content (AvgIpc) is 2.97. The molecule has 0 radical (unpaired) electrons. The van der Waals surface area contributed by atoms with Gasteiger partial charge < -0.3 is 9.84 Å². The van der Waals surface area contributed by atoms with Crippen molar-refractivity contribution in [1.29, 1.82) is 0 Å². The lowest BCUT2D eigenvalue weighted by molar-refractivity contribution is 0.190. The molecule has 1 atom stereocenters. The van der Waals surface area contributed by atoms with Gasteiger partial charge in [-0.15, -0.1) is 11.3 Å². The highest BCUT2D eigenvalue weighted by Crippen LogP contribution is 2.25. The van der Waals surface area contributed by atoms with Crippen LogP contribution in [0.25, 0.3) is 4.96 Å². The number of nitrogens with zero attached hydrogens (tertiary/aromatic N) is 2. The molecule has 3 rings (SSSR count). The van der Waals surface area contributed by atoms with E-state index < -0.39 is 6.10 Å². The minimum Gasteiger partial charge on any atom is -0.487 e. The fourth-order valence-corrected chi connectivity index (χ4v) is 2.67. The minimum atomic E-state index is -0.540. The number of aliphatic hydroxyl groups excluding tert-OH is 1. The Labute approximate surface area is 114 Å². The Morgan fingerprint density at radius 2 is 2.26 bits per heavy atom. The number of fused-ring (bicyclic) bond motifs is 1. The number of thiazole rings is 1. The van der Waals surface area contributed by atoms with E-state index in [2.05, 4.69) is 4.98 Å². The monoisotopic (exact) mass is 274 g/mol. The number of aromatic nitrogens is 2. The van der Waals surface area contributed by atoms with Gasteiger partial charge in [-0.05, 0) is 13.0 Å². The second-order valence-electron chi connectivity index (χ2n) is 4.33. The van der Waals surface area contributed by atoms with E-state index in [9.17, 15) is 5.11 Å². The van der Waals surface area contributed by atoms with Gasteiger partial charge in [0.15, 0.2) is 4.96 Å². The Morgan fingerprint density at radius 3 is 3.05 bits per heavy atom. The first-order valence-electron chi connectivity index (χ1n) is 6.05. The summed E-state index contributed by atoms with van der Waals surface area (Å²) in [4.78, 5) is 5.42. The van der Waals surface area contributed by atoms with Crippen molar-refractivity contribution in [2.24, 2.45) is 0 Å². The predicted octanol–water partition coefficient (Wildman–Crippen LogP) is 3.03. The largest absolute Gasteiger partial charge is 0.487 e. The van der Waals surface area contributed by atoms with E-state index in [0.29, 0.717) is 12.4 Å². The molecule has 19 heavy (non-hydrogen) atoms. The molecule has 0 aliphatic heterocycles. The van der Waals surface area contributed by atoms with Crippen molar-refractivity contribution in [2.45, 2.75) is 19.6 Å². The van der Waals surface area contributed by atoms with Crippen LogP contribution in [0.3, 0.4) is 0 Å². The van der Waals surface area contributed by atoms with Crippen LogP contribution in [0.1, 0.15) is 24.3 Å². The standard InChI is InChI=1S/C14H14N2O2S/c1-10(17)12-4-2-3-5-13(12)18-9-11-8-16-6-7-19-14(16)15-11/h2-8,10,17H,9H2,1H3/t10-/m1/s1. The molecule has 0 saturated carbocycles. The molecule has 2 aromatic heterocycles. The van der Waals surface area contributed by atoms with Crippen LogP contribution in [0.4, 0.5) is 0 Å². The van der Waals surface area contributed by atoms with Gasteiger partial charge >= 0.3 is 0 Å². The van der Waals surface area contributed by atoms with Crippen LogP contribution in [0.15, 0.2) is 42.0 Å². The summed E-state index contributed by atoms with van der Waals surface area (Å²) >= 11 is 1.59. The maximum Gasteiger partial charge on any atom is 0.193 e. The first-order chi connectivity index (χ1) is 9.24. The van der Waals surface area contributed by atoms with Crippen LogP contribution in [-0.4, -0.2) is 14.5 Å². The van der Waals surface area contributed by atoms with Gasteiger partial charge in [0, 0.05) is 23.3 Å². The normalized spacial score (nSPS) is 12.7. The number of para-hydroxylation sites is 1. The molecule has 2 heterocycles. The summed E-state index contributed by atoms with van der Waals surface area (Å²) in [6, 6.07) is 7.51. The fraction of sp³-hybridized carbons (Fsp3) is 0.214. The number of aliphatic hydroxyl groups is 1. The Morgan fingerprint density at radius 1 is 1.42 bits per heavy atom. The van der Waals surface area contributed by atoms with Crippen molar-refractivity contribution in [2.75, 3.05) is 0 Å². The highest BCUT2D eigenvalue weighted by molar-refractivity contribution is 7.15. The van der Waals surface area contributed by atoms with Gasteiger partial charge in [0.05, 0.1) is 11.8 Å². The van der Waals surface area contributed by atoms with Crippen LogP contribution in [0.5, 0.6) is 5.75 Å². The Kier molecular flexibility index (Phi) is 3.23. The summed E-state index contributed by atoms with van der Waals surface area (Å²) in [5, 5.41) is 11.7. The number of imidazole rings is 1. The molecule has 3 aromatic rings. The average molecular weight is 274 g/mol. The summed E-state index contributed by atoms with van der Waals surface area (Å²) in [5.74, 6) is 0.703. The van der Waals surface area contributed by atoms with Gasteiger partial charge in [0.25, 0.3) is 0 Å². The second-order valence-corrected chi connectivity index (χ2v) is 5.20. The maximum absolute atomic E-state index is 9.68. The zero-order valence-electron chi connectivity index (χ0n) is 10.5. The molecule has 0 spiro atoms. The molecule has 0 fully saturated rings. The molecule has 0 aliphatic rings. The SMILES string of the molecule is C[C@@H](O)c1ccccc1OCc1cn2ccsc2n1. The third kappa shape index (κ3) is 2.47.